The number of nitrogens with zero attached hydrogens (tertiary/aromatic N) is 2. The van der Waals surface area contributed by atoms with E-state index in [0.29, 0.717) is 12.5 Å². The first-order valence-corrected chi connectivity index (χ1v) is 6.07. The van der Waals surface area contributed by atoms with Crippen LogP contribution in [0.2, 0.25) is 5.02 Å². The maximum absolute atomic E-state index is 6.19. The molecule has 1 saturated carbocycles. The molecule has 0 bridgehead atoms. The number of methoxy groups -OCH3 is 1. The predicted octanol–water partition coefficient (Wildman–Crippen LogP) is 1.78. The minimum absolute atomic E-state index is 0.218. The second-order valence-electron chi connectivity index (χ2n) is 4.29. The number of aromatic nitrogens is 2. The highest BCUT2D eigenvalue weighted by molar-refractivity contribution is 6.31. The zero-order valence-electron chi connectivity index (χ0n) is 9.53. The van der Waals surface area contributed by atoms with E-state index in [4.69, 9.17) is 22.1 Å². The molecule has 1 aromatic rings. The van der Waals surface area contributed by atoms with Crippen molar-refractivity contribution in [2.45, 2.75) is 37.8 Å². The van der Waals surface area contributed by atoms with Crippen LogP contribution in [0.15, 0.2) is 6.20 Å². The van der Waals surface area contributed by atoms with Gasteiger partial charge in [-0.2, -0.15) is 5.10 Å². The van der Waals surface area contributed by atoms with Crippen molar-refractivity contribution < 1.29 is 4.74 Å². The van der Waals surface area contributed by atoms with Crippen LogP contribution < -0.4 is 5.73 Å². The highest BCUT2D eigenvalue weighted by Crippen LogP contribution is 2.36. The minimum atomic E-state index is 0.218. The molecule has 16 heavy (non-hydrogen) atoms. The van der Waals surface area contributed by atoms with E-state index in [1.54, 1.807) is 13.3 Å². The number of rotatable bonds is 4. The van der Waals surface area contributed by atoms with Crippen LogP contribution >= 0.6 is 11.6 Å². The van der Waals surface area contributed by atoms with Gasteiger partial charge in [0.25, 0.3) is 0 Å². The Labute approximate surface area is 101 Å². The molecule has 2 atom stereocenters. The predicted molar refractivity (Wildman–Crippen MR) is 63.7 cm³/mol. The monoisotopic (exact) mass is 243 g/mol. The molecule has 4 nitrogen and oxygen atoms in total. The Balaban J connectivity index is 2.20. The van der Waals surface area contributed by atoms with Crippen LogP contribution in [-0.4, -0.2) is 29.5 Å². The zero-order chi connectivity index (χ0) is 11.5. The van der Waals surface area contributed by atoms with Gasteiger partial charge >= 0.3 is 0 Å². The number of hydrogen-bond acceptors (Lipinski definition) is 3. The molecule has 2 N–H and O–H groups in total. The molecular weight excluding hydrogens is 226 g/mol. The van der Waals surface area contributed by atoms with E-state index in [1.807, 2.05) is 4.68 Å². The lowest BCUT2D eigenvalue weighted by atomic mass is 10.0. The van der Waals surface area contributed by atoms with E-state index < -0.39 is 0 Å². The molecule has 1 heterocycles. The molecule has 0 radical (unpaired) electrons. The van der Waals surface area contributed by atoms with Crippen LogP contribution in [0.25, 0.3) is 0 Å². The first-order chi connectivity index (χ1) is 7.74. The molecule has 0 spiro atoms. The maximum atomic E-state index is 6.19. The molecule has 0 aliphatic heterocycles. The van der Waals surface area contributed by atoms with Gasteiger partial charge in [-0.25, -0.2) is 0 Å². The van der Waals surface area contributed by atoms with Crippen LogP contribution in [0.5, 0.6) is 0 Å². The van der Waals surface area contributed by atoms with Crippen molar-refractivity contribution in [1.29, 1.82) is 0 Å². The van der Waals surface area contributed by atoms with Crippen molar-refractivity contribution in [3.05, 3.63) is 16.9 Å². The fraction of sp³-hybridized carbons (Fsp3) is 0.727. The molecule has 1 fully saturated rings. The van der Waals surface area contributed by atoms with Gasteiger partial charge < -0.3 is 10.5 Å². The molecular formula is C11H18ClN3O. The van der Waals surface area contributed by atoms with Gasteiger partial charge in [0.1, 0.15) is 0 Å². The summed E-state index contributed by atoms with van der Waals surface area (Å²) in [5, 5.41) is 5.02. The van der Waals surface area contributed by atoms with Gasteiger partial charge in [-0.3, -0.25) is 4.68 Å². The second kappa shape index (κ2) is 5.17. The summed E-state index contributed by atoms with van der Waals surface area (Å²) in [5.41, 5.74) is 7.19. The highest BCUT2D eigenvalue weighted by atomic mass is 35.5. The Morgan fingerprint density at radius 2 is 2.44 bits per heavy atom. The SMILES string of the molecule is COCCn1ncc(Cl)c1C1CCCC1N. The summed E-state index contributed by atoms with van der Waals surface area (Å²) in [5.74, 6) is 0.354. The fourth-order valence-electron chi connectivity index (χ4n) is 2.42. The number of nitrogens with two attached hydrogens (primary N) is 1. The summed E-state index contributed by atoms with van der Waals surface area (Å²) >= 11 is 6.19. The summed E-state index contributed by atoms with van der Waals surface area (Å²) < 4.78 is 7.00. The number of hydrogen-bond donors (Lipinski definition) is 1. The Kier molecular flexibility index (Phi) is 3.84. The van der Waals surface area contributed by atoms with E-state index in [9.17, 15) is 0 Å². The Hall–Kier alpha value is -0.580. The molecule has 0 saturated heterocycles. The van der Waals surface area contributed by atoms with E-state index in [1.165, 1.54) is 6.42 Å². The van der Waals surface area contributed by atoms with Crippen molar-refractivity contribution in [1.82, 2.24) is 9.78 Å². The number of halogens is 1. The topological polar surface area (TPSA) is 53.1 Å². The van der Waals surface area contributed by atoms with Crippen molar-refractivity contribution in [2.75, 3.05) is 13.7 Å². The third-order valence-electron chi connectivity index (χ3n) is 3.26. The summed E-state index contributed by atoms with van der Waals surface area (Å²) in [6, 6.07) is 0.218. The quantitative estimate of drug-likeness (QED) is 0.877. The molecule has 2 unspecified atom stereocenters. The fourth-order valence-corrected chi connectivity index (χ4v) is 2.71. The Bertz CT molecular complexity index is 353. The van der Waals surface area contributed by atoms with Gasteiger partial charge in [0.2, 0.25) is 0 Å². The van der Waals surface area contributed by atoms with Crippen LogP contribution in [0.4, 0.5) is 0 Å². The lowest BCUT2D eigenvalue weighted by molar-refractivity contribution is 0.182. The van der Waals surface area contributed by atoms with Crippen molar-refractivity contribution >= 4 is 11.6 Å². The smallest absolute Gasteiger partial charge is 0.0821 e. The normalized spacial score (nSPS) is 25.2. The van der Waals surface area contributed by atoms with Crippen LogP contribution in [0.3, 0.4) is 0 Å². The lowest BCUT2D eigenvalue weighted by Crippen LogP contribution is -2.25. The van der Waals surface area contributed by atoms with Gasteiger partial charge in [0.05, 0.1) is 30.1 Å². The van der Waals surface area contributed by atoms with E-state index >= 15 is 0 Å². The molecule has 90 valence electrons. The summed E-state index contributed by atoms with van der Waals surface area (Å²) in [6.45, 7) is 1.38. The molecule has 0 amide bonds. The van der Waals surface area contributed by atoms with Gasteiger partial charge in [-0.15, -0.1) is 0 Å². The van der Waals surface area contributed by atoms with Crippen LogP contribution in [-0.2, 0) is 11.3 Å². The molecule has 5 heteroatoms. The average molecular weight is 244 g/mol. The van der Waals surface area contributed by atoms with Crippen LogP contribution in [0.1, 0.15) is 30.9 Å². The molecule has 2 rings (SSSR count). The lowest BCUT2D eigenvalue weighted by Gasteiger charge is -2.17. The number of ether oxygens (including phenoxy) is 1. The molecule has 1 aliphatic rings. The highest BCUT2D eigenvalue weighted by Gasteiger charge is 2.30. The van der Waals surface area contributed by atoms with E-state index in [2.05, 4.69) is 5.10 Å². The van der Waals surface area contributed by atoms with Gasteiger partial charge in [-0.1, -0.05) is 18.0 Å². The maximum Gasteiger partial charge on any atom is 0.0821 e. The summed E-state index contributed by atoms with van der Waals surface area (Å²) in [4.78, 5) is 0. The van der Waals surface area contributed by atoms with Gasteiger partial charge in [0.15, 0.2) is 0 Å². The third kappa shape index (κ3) is 2.24. The van der Waals surface area contributed by atoms with E-state index in [-0.39, 0.29) is 6.04 Å². The van der Waals surface area contributed by atoms with Crippen molar-refractivity contribution in [3.8, 4) is 0 Å². The average Bonchev–Trinajstić information content (AvgIpc) is 2.82. The zero-order valence-corrected chi connectivity index (χ0v) is 10.3. The van der Waals surface area contributed by atoms with E-state index in [0.717, 1.165) is 30.1 Å². The Morgan fingerprint density at radius 1 is 1.62 bits per heavy atom. The first-order valence-electron chi connectivity index (χ1n) is 5.69. The van der Waals surface area contributed by atoms with Crippen molar-refractivity contribution in [3.63, 3.8) is 0 Å². The summed E-state index contributed by atoms with van der Waals surface area (Å²) in [6.07, 6.45) is 5.07. The Morgan fingerprint density at radius 3 is 3.06 bits per heavy atom. The van der Waals surface area contributed by atoms with Crippen LogP contribution in [0, 0.1) is 0 Å². The van der Waals surface area contributed by atoms with Gasteiger partial charge in [0, 0.05) is 19.1 Å². The van der Waals surface area contributed by atoms with Crippen molar-refractivity contribution in [2.24, 2.45) is 5.73 Å². The first kappa shape index (κ1) is 11.9. The summed E-state index contributed by atoms with van der Waals surface area (Å²) in [7, 11) is 1.69. The van der Waals surface area contributed by atoms with Gasteiger partial charge in [-0.05, 0) is 12.8 Å². The second-order valence-corrected chi connectivity index (χ2v) is 4.70. The molecule has 1 aliphatic carbocycles. The molecule has 0 aromatic carbocycles. The minimum Gasteiger partial charge on any atom is -0.383 e. The molecule has 1 aromatic heterocycles. The standard InChI is InChI=1S/C11H18ClN3O/c1-16-6-5-15-11(9(12)7-14-15)8-3-2-4-10(8)13/h7-8,10H,2-6,13H2,1H3. The largest absolute Gasteiger partial charge is 0.383 e. The third-order valence-corrected chi connectivity index (χ3v) is 3.55.